The van der Waals surface area contributed by atoms with E-state index in [1.807, 2.05) is 45.0 Å². The fourth-order valence-electron chi connectivity index (χ4n) is 4.31. The Kier molecular flexibility index (Phi) is 10.9. The van der Waals surface area contributed by atoms with Gasteiger partial charge in [-0.1, -0.05) is 86.0 Å². The molecule has 0 unspecified atom stereocenters. The first-order valence-corrected chi connectivity index (χ1v) is 14.9. The molecule has 0 radical (unpaired) electrons. The third-order valence-corrected chi connectivity index (χ3v) is 8.38. The van der Waals surface area contributed by atoms with Crippen LogP contribution >= 0.6 is 11.6 Å². The van der Waals surface area contributed by atoms with Gasteiger partial charge < -0.3 is 10.2 Å². The van der Waals surface area contributed by atoms with Crippen molar-refractivity contribution in [3.8, 4) is 0 Å². The summed E-state index contributed by atoms with van der Waals surface area (Å²) in [5, 5.41) is 3.27. The van der Waals surface area contributed by atoms with Crippen LogP contribution in [-0.2, 0) is 26.2 Å². The number of carbonyl (C=O) groups is 2. The number of hydrogen-bond acceptors (Lipinski definition) is 4. The first-order chi connectivity index (χ1) is 18.7. The van der Waals surface area contributed by atoms with Crippen molar-refractivity contribution in [2.75, 3.05) is 17.4 Å². The van der Waals surface area contributed by atoms with Crippen molar-refractivity contribution in [1.82, 2.24) is 10.2 Å². The van der Waals surface area contributed by atoms with E-state index in [1.165, 1.54) is 23.1 Å². The van der Waals surface area contributed by atoms with E-state index in [1.54, 1.807) is 36.4 Å². The molecule has 0 aromatic heterocycles. The monoisotopic (exact) mass is 569 g/mol. The Morgan fingerprint density at radius 2 is 1.67 bits per heavy atom. The number of aryl methyl sites for hydroxylation is 1. The summed E-state index contributed by atoms with van der Waals surface area (Å²) < 4.78 is 28.6. The zero-order valence-corrected chi connectivity index (χ0v) is 24.2. The highest BCUT2D eigenvalue weighted by Gasteiger charge is 2.33. The average Bonchev–Trinajstić information content (AvgIpc) is 2.92. The van der Waals surface area contributed by atoms with E-state index in [0.717, 1.165) is 28.3 Å². The second-order valence-corrected chi connectivity index (χ2v) is 11.7. The molecule has 0 aliphatic heterocycles. The molecule has 3 rings (SSSR count). The Morgan fingerprint density at radius 3 is 2.31 bits per heavy atom. The summed E-state index contributed by atoms with van der Waals surface area (Å²) in [5.41, 5.74) is 2.13. The smallest absolute Gasteiger partial charge is 0.264 e. The van der Waals surface area contributed by atoms with Gasteiger partial charge in [-0.05, 0) is 55.7 Å². The van der Waals surface area contributed by atoms with Crippen LogP contribution < -0.4 is 9.62 Å². The summed E-state index contributed by atoms with van der Waals surface area (Å²) in [6, 6.07) is 21.3. The minimum Gasteiger partial charge on any atom is -0.354 e. The maximum atomic E-state index is 14.0. The predicted octanol–water partition coefficient (Wildman–Crippen LogP) is 5.57. The standard InChI is InChI=1S/C30H36ClN3O4S/c1-4-6-18-32-30(36)28(5-2)33(21-24-13-10-12-23(3)19-24)29(35)22-34(26-15-11-14-25(31)20-26)39(37,38)27-16-8-7-9-17-27/h7-17,19-20,28H,4-6,18,21-22H2,1-3H3,(H,32,36)/t28-/m1/s1. The molecular weight excluding hydrogens is 534 g/mol. The number of anilines is 1. The molecule has 9 heteroatoms. The topological polar surface area (TPSA) is 86.8 Å². The Balaban J connectivity index is 2.02. The second-order valence-electron chi connectivity index (χ2n) is 9.38. The van der Waals surface area contributed by atoms with Gasteiger partial charge in [0.1, 0.15) is 12.6 Å². The quantitative estimate of drug-likeness (QED) is 0.273. The van der Waals surface area contributed by atoms with Crippen molar-refractivity contribution in [1.29, 1.82) is 0 Å². The Hall–Kier alpha value is -3.36. The largest absolute Gasteiger partial charge is 0.354 e. The van der Waals surface area contributed by atoms with E-state index in [0.29, 0.717) is 18.0 Å². The highest BCUT2D eigenvalue weighted by atomic mass is 35.5. The summed E-state index contributed by atoms with van der Waals surface area (Å²) in [6.07, 6.45) is 2.12. The fourth-order valence-corrected chi connectivity index (χ4v) is 5.92. The van der Waals surface area contributed by atoms with Gasteiger partial charge in [0.05, 0.1) is 10.6 Å². The van der Waals surface area contributed by atoms with E-state index >= 15 is 0 Å². The number of rotatable bonds is 13. The second kappa shape index (κ2) is 14.1. The van der Waals surface area contributed by atoms with E-state index < -0.39 is 28.5 Å². The van der Waals surface area contributed by atoms with Crippen LogP contribution in [-0.4, -0.2) is 44.3 Å². The molecule has 0 fully saturated rings. The van der Waals surface area contributed by atoms with Crippen LogP contribution in [0.3, 0.4) is 0 Å². The zero-order chi connectivity index (χ0) is 28.4. The van der Waals surface area contributed by atoms with Crippen molar-refractivity contribution in [2.45, 2.75) is 57.5 Å². The maximum Gasteiger partial charge on any atom is 0.264 e. The highest BCUT2D eigenvalue weighted by molar-refractivity contribution is 7.92. The molecular formula is C30H36ClN3O4S. The number of benzene rings is 3. The number of carbonyl (C=O) groups excluding carboxylic acids is 2. The number of nitrogens with one attached hydrogen (secondary N) is 1. The molecule has 2 amide bonds. The molecule has 0 aliphatic carbocycles. The van der Waals surface area contributed by atoms with Crippen LogP contribution in [0.1, 0.15) is 44.2 Å². The molecule has 7 nitrogen and oxygen atoms in total. The molecule has 1 atom stereocenters. The Morgan fingerprint density at radius 1 is 0.949 bits per heavy atom. The first-order valence-electron chi connectivity index (χ1n) is 13.1. The third kappa shape index (κ3) is 8.07. The van der Waals surface area contributed by atoms with Crippen LogP contribution in [0.5, 0.6) is 0 Å². The van der Waals surface area contributed by atoms with Gasteiger partial charge in [-0.2, -0.15) is 0 Å². The Bertz CT molecular complexity index is 1370. The lowest BCUT2D eigenvalue weighted by Crippen LogP contribution is -2.52. The Labute approximate surface area is 236 Å². The van der Waals surface area contributed by atoms with E-state index in [4.69, 9.17) is 11.6 Å². The number of amides is 2. The summed E-state index contributed by atoms with van der Waals surface area (Å²) in [7, 11) is -4.12. The number of hydrogen-bond donors (Lipinski definition) is 1. The summed E-state index contributed by atoms with van der Waals surface area (Å²) in [4.78, 5) is 28.8. The first kappa shape index (κ1) is 30.2. The van der Waals surface area contributed by atoms with Crippen molar-refractivity contribution >= 4 is 39.1 Å². The zero-order valence-electron chi connectivity index (χ0n) is 22.6. The summed E-state index contributed by atoms with van der Waals surface area (Å²) >= 11 is 6.21. The molecule has 0 saturated heterocycles. The van der Waals surface area contributed by atoms with Gasteiger partial charge in [0, 0.05) is 18.1 Å². The average molecular weight is 570 g/mol. The predicted molar refractivity (Wildman–Crippen MR) is 156 cm³/mol. The molecule has 0 aliphatic rings. The molecule has 3 aromatic rings. The molecule has 208 valence electrons. The summed E-state index contributed by atoms with van der Waals surface area (Å²) in [6.45, 7) is 6.01. The van der Waals surface area contributed by atoms with Gasteiger partial charge in [-0.3, -0.25) is 13.9 Å². The molecule has 0 saturated carbocycles. The van der Waals surface area contributed by atoms with Gasteiger partial charge >= 0.3 is 0 Å². The van der Waals surface area contributed by atoms with Gasteiger partial charge in [-0.25, -0.2) is 8.42 Å². The van der Waals surface area contributed by atoms with E-state index in [2.05, 4.69) is 5.32 Å². The van der Waals surface area contributed by atoms with Crippen LogP contribution in [0.25, 0.3) is 0 Å². The molecule has 0 bridgehead atoms. The van der Waals surface area contributed by atoms with Crippen molar-refractivity contribution in [3.63, 3.8) is 0 Å². The lowest BCUT2D eigenvalue weighted by molar-refractivity contribution is -0.140. The van der Waals surface area contributed by atoms with Crippen LogP contribution in [0, 0.1) is 6.92 Å². The van der Waals surface area contributed by atoms with Crippen LogP contribution in [0.4, 0.5) is 5.69 Å². The highest BCUT2D eigenvalue weighted by Crippen LogP contribution is 2.27. The number of nitrogens with zero attached hydrogens (tertiary/aromatic N) is 2. The van der Waals surface area contributed by atoms with Crippen molar-refractivity contribution in [2.24, 2.45) is 0 Å². The minimum absolute atomic E-state index is 0.0485. The maximum absolute atomic E-state index is 14.0. The lowest BCUT2D eigenvalue weighted by Gasteiger charge is -2.33. The van der Waals surface area contributed by atoms with Gasteiger partial charge in [0.25, 0.3) is 10.0 Å². The third-order valence-electron chi connectivity index (χ3n) is 6.36. The number of unbranched alkanes of at least 4 members (excludes halogenated alkanes) is 1. The fraction of sp³-hybridized carbons (Fsp3) is 0.333. The molecule has 39 heavy (non-hydrogen) atoms. The van der Waals surface area contributed by atoms with Gasteiger partial charge in [0.15, 0.2) is 0 Å². The van der Waals surface area contributed by atoms with Gasteiger partial charge in [-0.15, -0.1) is 0 Å². The molecule has 1 N–H and O–H groups in total. The van der Waals surface area contributed by atoms with Crippen LogP contribution in [0.15, 0.2) is 83.8 Å². The van der Waals surface area contributed by atoms with Crippen LogP contribution in [0.2, 0.25) is 5.02 Å². The van der Waals surface area contributed by atoms with Gasteiger partial charge in [0.2, 0.25) is 11.8 Å². The normalized spacial score (nSPS) is 12.0. The van der Waals surface area contributed by atoms with Crippen molar-refractivity contribution < 1.29 is 18.0 Å². The molecule has 0 spiro atoms. The SMILES string of the molecule is CCCCNC(=O)[C@@H](CC)N(Cc1cccc(C)c1)C(=O)CN(c1cccc(Cl)c1)S(=O)(=O)c1ccccc1. The van der Waals surface area contributed by atoms with Crippen molar-refractivity contribution in [3.05, 3.63) is 95.0 Å². The van der Waals surface area contributed by atoms with E-state index in [-0.39, 0.29) is 23.0 Å². The number of sulfonamides is 1. The molecule has 0 heterocycles. The molecule has 3 aromatic carbocycles. The number of halogens is 1. The summed E-state index contributed by atoms with van der Waals surface area (Å²) in [5.74, 6) is -0.749. The minimum atomic E-state index is -4.12. The lowest BCUT2D eigenvalue weighted by atomic mass is 10.1. The van der Waals surface area contributed by atoms with E-state index in [9.17, 15) is 18.0 Å².